The molecule has 0 saturated carbocycles. The van der Waals surface area contributed by atoms with Gasteiger partial charge in [-0.1, -0.05) is 30.3 Å². The van der Waals surface area contributed by atoms with Crippen molar-refractivity contribution in [1.29, 1.82) is 0 Å². The maximum atomic E-state index is 13.6. The summed E-state index contributed by atoms with van der Waals surface area (Å²) in [5.41, 5.74) is 7.71. The van der Waals surface area contributed by atoms with Gasteiger partial charge < -0.3 is 10.1 Å². The molecule has 6 heteroatoms. The monoisotopic (exact) mass is 343 g/mol. The largest absolute Gasteiger partial charge is 0.494 e. The van der Waals surface area contributed by atoms with Gasteiger partial charge >= 0.3 is 0 Å². The minimum atomic E-state index is -0.358. The first kappa shape index (κ1) is 17.4. The summed E-state index contributed by atoms with van der Waals surface area (Å²) in [5.74, 6) is 0.369. The van der Waals surface area contributed by atoms with Crippen LogP contribution in [0.2, 0.25) is 0 Å². The average molecular weight is 343 g/mol. The zero-order valence-corrected chi connectivity index (χ0v) is 14.1. The second kappa shape index (κ2) is 8.09. The fourth-order valence-corrected chi connectivity index (χ4v) is 2.86. The molecule has 3 N–H and O–H groups in total. The molecule has 2 aromatic carbocycles. The van der Waals surface area contributed by atoms with Crippen LogP contribution in [-0.2, 0) is 11.3 Å². The molecule has 2 atom stereocenters. The van der Waals surface area contributed by atoms with Crippen molar-refractivity contribution in [1.82, 2.24) is 16.2 Å². The molecule has 132 valence electrons. The van der Waals surface area contributed by atoms with Gasteiger partial charge in [0.1, 0.15) is 17.6 Å². The lowest BCUT2D eigenvalue weighted by Crippen LogP contribution is -2.42. The van der Waals surface area contributed by atoms with Crippen LogP contribution >= 0.6 is 0 Å². The van der Waals surface area contributed by atoms with E-state index in [1.165, 1.54) is 6.07 Å². The first-order valence-electron chi connectivity index (χ1n) is 8.42. The summed E-state index contributed by atoms with van der Waals surface area (Å²) in [5, 5.41) is 2.78. The third-order valence-electron chi connectivity index (χ3n) is 4.22. The highest BCUT2D eigenvalue weighted by Gasteiger charge is 2.30. The molecule has 0 radical (unpaired) electrons. The van der Waals surface area contributed by atoms with Gasteiger partial charge in [0.15, 0.2) is 0 Å². The normalized spacial score (nSPS) is 19.6. The smallest absolute Gasteiger partial charge is 0.238 e. The number of rotatable bonds is 6. The first-order chi connectivity index (χ1) is 12.2. The van der Waals surface area contributed by atoms with Gasteiger partial charge in [-0.25, -0.2) is 15.2 Å². The standard InChI is InChI=1S/C19H22FN3O2/c1-2-25-15-9-7-13(8-10-15)17-11-18(23-22-17)19(24)21-12-14-5-3-4-6-16(14)20/h3-10,17-18,22-23H,2,11-12H2,1H3,(H,21,24). The van der Waals surface area contributed by atoms with Gasteiger partial charge in [-0.15, -0.1) is 0 Å². The molecular formula is C19H22FN3O2. The molecule has 5 nitrogen and oxygen atoms in total. The molecule has 2 unspecified atom stereocenters. The Bertz CT molecular complexity index is 721. The Balaban J connectivity index is 1.53. The second-order valence-electron chi connectivity index (χ2n) is 5.94. The van der Waals surface area contributed by atoms with Gasteiger partial charge in [0.05, 0.1) is 6.61 Å². The van der Waals surface area contributed by atoms with Gasteiger partial charge in [0.2, 0.25) is 5.91 Å². The van der Waals surface area contributed by atoms with E-state index in [0.717, 1.165) is 11.3 Å². The van der Waals surface area contributed by atoms with Gasteiger partial charge in [-0.3, -0.25) is 4.79 Å². The van der Waals surface area contributed by atoms with E-state index in [1.54, 1.807) is 18.2 Å². The fraction of sp³-hybridized carbons (Fsp3) is 0.316. The first-order valence-corrected chi connectivity index (χ1v) is 8.42. The molecule has 1 heterocycles. The van der Waals surface area contributed by atoms with E-state index < -0.39 is 0 Å². The third kappa shape index (κ3) is 4.35. The van der Waals surface area contributed by atoms with Crippen LogP contribution in [0.25, 0.3) is 0 Å². The number of hydrazine groups is 1. The molecular weight excluding hydrogens is 321 g/mol. The molecule has 1 amide bonds. The third-order valence-corrected chi connectivity index (χ3v) is 4.22. The Morgan fingerprint density at radius 3 is 2.68 bits per heavy atom. The van der Waals surface area contributed by atoms with Crippen molar-refractivity contribution in [3.05, 3.63) is 65.5 Å². The summed E-state index contributed by atoms with van der Waals surface area (Å²) < 4.78 is 19.0. The van der Waals surface area contributed by atoms with Crippen LogP contribution in [-0.4, -0.2) is 18.6 Å². The van der Waals surface area contributed by atoms with E-state index in [1.807, 2.05) is 31.2 Å². The number of benzene rings is 2. The lowest BCUT2D eigenvalue weighted by Gasteiger charge is -2.11. The average Bonchev–Trinajstić information content (AvgIpc) is 3.12. The maximum Gasteiger partial charge on any atom is 0.238 e. The lowest BCUT2D eigenvalue weighted by atomic mass is 10.0. The number of halogens is 1. The molecule has 0 aliphatic carbocycles. The molecule has 1 aliphatic heterocycles. The second-order valence-corrected chi connectivity index (χ2v) is 5.94. The van der Waals surface area contributed by atoms with Crippen molar-refractivity contribution in [3.8, 4) is 5.75 Å². The highest BCUT2D eigenvalue weighted by atomic mass is 19.1. The Kier molecular flexibility index (Phi) is 5.63. The van der Waals surface area contributed by atoms with Crippen molar-refractivity contribution in [2.45, 2.75) is 32.0 Å². The predicted octanol–water partition coefficient (Wildman–Crippen LogP) is 2.45. The molecule has 2 aromatic rings. The van der Waals surface area contributed by atoms with Crippen molar-refractivity contribution in [3.63, 3.8) is 0 Å². The van der Waals surface area contributed by atoms with E-state index >= 15 is 0 Å². The van der Waals surface area contributed by atoms with Crippen LogP contribution in [0.3, 0.4) is 0 Å². The van der Waals surface area contributed by atoms with Crippen molar-refractivity contribution in [2.75, 3.05) is 6.61 Å². The van der Waals surface area contributed by atoms with Gasteiger partial charge in [0.25, 0.3) is 0 Å². The van der Waals surface area contributed by atoms with Crippen molar-refractivity contribution < 1.29 is 13.9 Å². The van der Waals surface area contributed by atoms with Crippen LogP contribution in [0.15, 0.2) is 48.5 Å². The minimum absolute atomic E-state index is 0.0416. The van der Waals surface area contributed by atoms with E-state index in [0.29, 0.717) is 18.6 Å². The van der Waals surface area contributed by atoms with E-state index in [-0.39, 0.29) is 30.4 Å². The van der Waals surface area contributed by atoms with Gasteiger partial charge in [0, 0.05) is 18.2 Å². The molecule has 1 fully saturated rings. The van der Waals surface area contributed by atoms with Gasteiger partial charge in [-0.05, 0) is 37.1 Å². The van der Waals surface area contributed by atoms with Crippen LogP contribution in [0.5, 0.6) is 5.75 Å². The molecule has 0 aromatic heterocycles. The van der Waals surface area contributed by atoms with Crippen LogP contribution in [0.4, 0.5) is 4.39 Å². The predicted molar refractivity (Wildman–Crippen MR) is 93.3 cm³/mol. The van der Waals surface area contributed by atoms with Crippen LogP contribution < -0.4 is 20.9 Å². The molecule has 0 spiro atoms. The molecule has 0 bridgehead atoms. The zero-order chi connectivity index (χ0) is 17.6. The van der Waals surface area contributed by atoms with Gasteiger partial charge in [-0.2, -0.15) is 0 Å². The summed E-state index contributed by atoms with van der Waals surface area (Å²) in [6.07, 6.45) is 0.622. The van der Waals surface area contributed by atoms with Crippen LogP contribution in [0.1, 0.15) is 30.5 Å². The Morgan fingerprint density at radius 1 is 1.20 bits per heavy atom. The Hall–Kier alpha value is -2.44. The summed E-state index contributed by atoms with van der Waals surface area (Å²) >= 11 is 0. The minimum Gasteiger partial charge on any atom is -0.494 e. The fourth-order valence-electron chi connectivity index (χ4n) is 2.86. The molecule has 25 heavy (non-hydrogen) atoms. The summed E-state index contributed by atoms with van der Waals surface area (Å²) in [4.78, 5) is 12.3. The quantitative estimate of drug-likeness (QED) is 0.754. The van der Waals surface area contributed by atoms with E-state index in [9.17, 15) is 9.18 Å². The highest BCUT2D eigenvalue weighted by molar-refractivity contribution is 5.82. The number of carbonyl (C=O) groups excluding carboxylic acids is 1. The lowest BCUT2D eigenvalue weighted by molar-refractivity contribution is -0.123. The number of ether oxygens (including phenoxy) is 1. The van der Waals surface area contributed by atoms with E-state index in [4.69, 9.17) is 4.74 Å². The molecule has 1 aliphatic rings. The molecule has 3 rings (SSSR count). The number of hydrogen-bond acceptors (Lipinski definition) is 4. The van der Waals surface area contributed by atoms with Crippen molar-refractivity contribution >= 4 is 5.91 Å². The van der Waals surface area contributed by atoms with Crippen molar-refractivity contribution in [2.24, 2.45) is 0 Å². The number of amides is 1. The number of carbonyl (C=O) groups is 1. The number of nitrogens with one attached hydrogen (secondary N) is 3. The summed E-state index contributed by atoms with van der Waals surface area (Å²) in [6, 6.07) is 13.9. The summed E-state index contributed by atoms with van der Waals surface area (Å²) in [6.45, 7) is 2.76. The summed E-state index contributed by atoms with van der Waals surface area (Å²) in [7, 11) is 0. The number of hydrogen-bond donors (Lipinski definition) is 3. The highest BCUT2D eigenvalue weighted by Crippen LogP contribution is 2.24. The topological polar surface area (TPSA) is 62.4 Å². The maximum absolute atomic E-state index is 13.6. The van der Waals surface area contributed by atoms with E-state index in [2.05, 4.69) is 16.2 Å². The SMILES string of the molecule is CCOc1ccc(C2CC(C(=O)NCc3ccccc3F)NN2)cc1. The van der Waals surface area contributed by atoms with Crippen LogP contribution in [0, 0.1) is 5.82 Å². The molecule has 1 saturated heterocycles. The Labute approximate surface area is 146 Å². The Morgan fingerprint density at radius 2 is 1.96 bits per heavy atom. The zero-order valence-electron chi connectivity index (χ0n) is 14.1.